The Hall–Kier alpha value is -1.73. The summed E-state index contributed by atoms with van der Waals surface area (Å²) in [6.45, 7) is 1.47. The minimum Gasteiger partial charge on any atom is -0.497 e. The molecule has 0 saturated carbocycles. The number of ether oxygens (including phenoxy) is 1. The molecule has 7 heteroatoms. The first-order chi connectivity index (χ1) is 13.0. The van der Waals surface area contributed by atoms with Gasteiger partial charge in [-0.3, -0.25) is 4.79 Å². The fourth-order valence-electron chi connectivity index (χ4n) is 3.21. The Bertz CT molecular complexity index is 785. The van der Waals surface area contributed by atoms with Gasteiger partial charge in [0.15, 0.2) is 0 Å². The number of para-hydroxylation sites is 1. The molecule has 152 valence electrons. The minimum atomic E-state index is -1.10. The van der Waals surface area contributed by atoms with Crippen LogP contribution in [0.1, 0.15) is 17.2 Å². The van der Waals surface area contributed by atoms with Crippen LogP contribution in [0.4, 0.5) is 5.69 Å². The fourth-order valence-corrected chi connectivity index (χ4v) is 4.48. The van der Waals surface area contributed by atoms with Crippen LogP contribution in [-0.4, -0.2) is 56.3 Å². The molecule has 2 unspecified atom stereocenters. The van der Waals surface area contributed by atoms with Gasteiger partial charge in [0.1, 0.15) is 11.9 Å². The maximum Gasteiger partial charge on any atom is 0.257 e. The average Bonchev–Trinajstić information content (AvgIpc) is 2.78. The lowest BCUT2D eigenvalue weighted by atomic mass is 10.1. The molecule has 2 aromatic rings. The van der Waals surface area contributed by atoms with Crippen molar-refractivity contribution in [1.29, 1.82) is 0 Å². The number of carbonyl (C=O) groups is 1. The highest BCUT2D eigenvalue weighted by Gasteiger charge is 2.37. The van der Waals surface area contributed by atoms with E-state index in [4.69, 9.17) is 4.74 Å². The van der Waals surface area contributed by atoms with Gasteiger partial charge in [0.05, 0.1) is 18.0 Å². The zero-order valence-electron chi connectivity index (χ0n) is 16.4. The Kier molecular flexibility index (Phi) is 8.19. The largest absolute Gasteiger partial charge is 0.497 e. The highest BCUT2D eigenvalue weighted by atomic mass is 35.5. The van der Waals surface area contributed by atoms with E-state index in [1.165, 1.54) is 11.8 Å². The molecule has 0 aliphatic carbocycles. The van der Waals surface area contributed by atoms with E-state index in [1.807, 2.05) is 62.6 Å². The number of benzene rings is 2. The molecule has 0 radical (unpaired) electrons. The maximum atomic E-state index is 13.1. The molecule has 2 atom stereocenters. The summed E-state index contributed by atoms with van der Waals surface area (Å²) in [5.41, 5.74) is 1.79. The van der Waals surface area contributed by atoms with E-state index >= 15 is 0 Å². The van der Waals surface area contributed by atoms with Crippen molar-refractivity contribution in [2.24, 2.45) is 0 Å². The van der Waals surface area contributed by atoms with Gasteiger partial charge < -0.3 is 19.6 Å². The lowest BCUT2D eigenvalue weighted by Gasteiger charge is -2.25. The third-order valence-electron chi connectivity index (χ3n) is 4.65. The molecule has 1 N–H and O–H groups in total. The van der Waals surface area contributed by atoms with E-state index in [0.29, 0.717) is 6.54 Å². The highest BCUT2D eigenvalue weighted by Crippen LogP contribution is 2.45. The van der Waals surface area contributed by atoms with Gasteiger partial charge in [0.25, 0.3) is 5.91 Å². The summed E-state index contributed by atoms with van der Waals surface area (Å²) in [5, 5.41) is 10.5. The smallest absolute Gasteiger partial charge is 0.257 e. The van der Waals surface area contributed by atoms with Gasteiger partial charge in [0.2, 0.25) is 0 Å². The molecule has 5 nitrogen and oxygen atoms in total. The molecule has 2 aromatic carbocycles. The Labute approximate surface area is 177 Å². The summed E-state index contributed by atoms with van der Waals surface area (Å²) in [7, 11) is 5.65. The number of methoxy groups -OCH3 is 1. The van der Waals surface area contributed by atoms with Crippen molar-refractivity contribution < 1.29 is 14.6 Å². The number of carbonyl (C=O) groups excluding carboxylic acids is 1. The molecule has 1 amide bonds. The second kappa shape index (κ2) is 10.2. The summed E-state index contributed by atoms with van der Waals surface area (Å²) in [6.07, 6.45) is -0.257. The van der Waals surface area contributed by atoms with E-state index in [0.717, 1.165) is 34.9 Å². The highest BCUT2D eigenvalue weighted by molar-refractivity contribution is 7.99. The Morgan fingerprint density at radius 1 is 1.14 bits per heavy atom. The lowest BCUT2D eigenvalue weighted by molar-refractivity contribution is -0.126. The molecule has 0 fully saturated rings. The number of amides is 1. The molecular weight excluding hydrogens is 396 g/mol. The summed E-state index contributed by atoms with van der Waals surface area (Å²) in [4.78, 5) is 18.0. The van der Waals surface area contributed by atoms with Crippen LogP contribution in [0.25, 0.3) is 0 Å². The van der Waals surface area contributed by atoms with Gasteiger partial charge in [-0.05, 0) is 56.9 Å². The number of rotatable bonds is 6. The van der Waals surface area contributed by atoms with Crippen molar-refractivity contribution in [1.82, 2.24) is 4.90 Å². The van der Waals surface area contributed by atoms with Crippen molar-refractivity contribution in [3.05, 3.63) is 54.1 Å². The first-order valence-corrected chi connectivity index (χ1v) is 9.93. The van der Waals surface area contributed by atoms with Crippen molar-refractivity contribution >= 4 is 35.8 Å². The number of aliphatic hydroxyl groups is 1. The predicted molar refractivity (Wildman–Crippen MR) is 117 cm³/mol. The van der Waals surface area contributed by atoms with Gasteiger partial charge in [-0.25, -0.2) is 0 Å². The van der Waals surface area contributed by atoms with Gasteiger partial charge in [-0.1, -0.05) is 24.3 Å². The molecule has 0 aromatic heterocycles. The van der Waals surface area contributed by atoms with E-state index in [-0.39, 0.29) is 23.6 Å². The van der Waals surface area contributed by atoms with Crippen LogP contribution in [0.5, 0.6) is 5.75 Å². The summed E-state index contributed by atoms with van der Waals surface area (Å²) in [6, 6.07) is 15.4. The van der Waals surface area contributed by atoms with Crippen molar-refractivity contribution in [2.45, 2.75) is 22.7 Å². The SMILES string of the molecule is COc1ccc(C2Sc3ccccc3N(CCCN(C)C)C(=O)C2O)cc1.Cl. The topological polar surface area (TPSA) is 53.0 Å². The van der Waals surface area contributed by atoms with Crippen LogP contribution in [0.2, 0.25) is 0 Å². The molecular formula is C21H27ClN2O3S. The van der Waals surface area contributed by atoms with Crippen LogP contribution in [-0.2, 0) is 4.79 Å². The monoisotopic (exact) mass is 422 g/mol. The quantitative estimate of drug-likeness (QED) is 0.770. The predicted octanol–water partition coefficient (Wildman–Crippen LogP) is 3.61. The fraction of sp³-hybridized carbons (Fsp3) is 0.381. The maximum absolute atomic E-state index is 13.1. The molecule has 1 aliphatic heterocycles. The van der Waals surface area contributed by atoms with Crippen molar-refractivity contribution in [3.63, 3.8) is 0 Å². The van der Waals surface area contributed by atoms with Crippen molar-refractivity contribution in [2.75, 3.05) is 39.2 Å². The third kappa shape index (κ3) is 5.00. The summed E-state index contributed by atoms with van der Waals surface area (Å²) >= 11 is 1.54. The van der Waals surface area contributed by atoms with Crippen LogP contribution in [0.15, 0.2) is 53.4 Å². The number of fused-ring (bicyclic) bond motifs is 1. The first-order valence-electron chi connectivity index (χ1n) is 9.05. The average molecular weight is 423 g/mol. The summed E-state index contributed by atoms with van der Waals surface area (Å²) in [5.74, 6) is 0.510. The Balaban J connectivity index is 0.00000280. The number of aliphatic hydroxyl groups excluding tert-OH is 1. The van der Waals surface area contributed by atoms with E-state index in [2.05, 4.69) is 4.90 Å². The Morgan fingerprint density at radius 3 is 2.46 bits per heavy atom. The van der Waals surface area contributed by atoms with Crippen LogP contribution in [0.3, 0.4) is 0 Å². The molecule has 1 aliphatic rings. The summed E-state index contributed by atoms with van der Waals surface area (Å²) < 4.78 is 5.22. The van der Waals surface area contributed by atoms with Gasteiger partial charge in [-0.2, -0.15) is 0 Å². The number of hydrogen-bond acceptors (Lipinski definition) is 5. The van der Waals surface area contributed by atoms with Gasteiger partial charge >= 0.3 is 0 Å². The molecule has 0 saturated heterocycles. The van der Waals surface area contributed by atoms with Gasteiger partial charge in [-0.15, -0.1) is 24.2 Å². The lowest BCUT2D eigenvalue weighted by Crippen LogP contribution is -2.41. The number of thioether (sulfide) groups is 1. The number of anilines is 1. The minimum absolute atomic E-state index is 0. The molecule has 1 heterocycles. The van der Waals surface area contributed by atoms with Crippen molar-refractivity contribution in [3.8, 4) is 5.75 Å². The number of halogens is 1. The third-order valence-corrected chi connectivity index (χ3v) is 6.03. The second-order valence-corrected chi connectivity index (χ2v) is 8.05. The standard InChI is InChI=1S/C21H26N2O3S.ClH/c1-22(2)13-6-14-23-17-7-4-5-8-18(17)27-20(19(24)21(23)25)15-9-11-16(26-3)12-10-15;/h4-5,7-12,19-20,24H,6,13-14H2,1-3H3;1H. The van der Waals surface area contributed by atoms with E-state index in [9.17, 15) is 9.90 Å². The Morgan fingerprint density at radius 2 is 1.82 bits per heavy atom. The molecule has 3 rings (SSSR count). The zero-order chi connectivity index (χ0) is 19.4. The molecule has 0 spiro atoms. The molecule has 0 bridgehead atoms. The number of hydrogen-bond donors (Lipinski definition) is 1. The van der Waals surface area contributed by atoms with Crippen LogP contribution < -0.4 is 9.64 Å². The first kappa shape index (κ1) is 22.6. The van der Waals surface area contributed by atoms with Crippen LogP contribution >= 0.6 is 24.2 Å². The molecule has 28 heavy (non-hydrogen) atoms. The van der Waals surface area contributed by atoms with E-state index < -0.39 is 6.10 Å². The van der Waals surface area contributed by atoms with Gasteiger partial charge in [0, 0.05) is 11.4 Å². The normalized spacial score (nSPS) is 19.0. The van der Waals surface area contributed by atoms with E-state index in [1.54, 1.807) is 12.0 Å². The zero-order valence-corrected chi connectivity index (χ0v) is 18.0. The number of nitrogens with zero attached hydrogens (tertiary/aromatic N) is 2. The van der Waals surface area contributed by atoms with Crippen LogP contribution in [0, 0.1) is 0 Å². The second-order valence-electron chi connectivity index (χ2n) is 6.87.